The van der Waals surface area contributed by atoms with Gasteiger partial charge in [-0.15, -0.1) is 0 Å². The Labute approximate surface area is 136 Å². The number of nitrogens with zero attached hydrogens (tertiary/aromatic N) is 4. The van der Waals surface area contributed by atoms with Crippen LogP contribution in [0.15, 0.2) is 14.6 Å². The van der Waals surface area contributed by atoms with Gasteiger partial charge in [0.2, 0.25) is 0 Å². The highest BCUT2D eigenvalue weighted by molar-refractivity contribution is 8.00. The van der Waals surface area contributed by atoms with Gasteiger partial charge in [0.25, 0.3) is 5.56 Å². The summed E-state index contributed by atoms with van der Waals surface area (Å²) in [7, 11) is 2.88. The molecule has 2 rings (SSSR count). The molecule has 0 atom stereocenters. The Hall–Kier alpha value is -2.16. The Morgan fingerprint density at radius 2 is 1.87 bits per heavy atom. The molecule has 23 heavy (non-hydrogen) atoms. The standard InChI is InChI=1S/C14H18N4O4S/c1-7(2)5-8-15-11-10(12(16-8)23-6-9(19)20)13(21)18(4)14(22)17(11)3/h7H,5-6H2,1-4H3,(H,19,20)/p-1. The van der Waals surface area contributed by atoms with E-state index in [-0.39, 0.29) is 27.7 Å². The van der Waals surface area contributed by atoms with Crippen LogP contribution < -0.4 is 16.4 Å². The molecular weight excluding hydrogens is 320 g/mol. The van der Waals surface area contributed by atoms with E-state index >= 15 is 0 Å². The first-order chi connectivity index (χ1) is 10.7. The van der Waals surface area contributed by atoms with Gasteiger partial charge < -0.3 is 9.90 Å². The highest BCUT2D eigenvalue weighted by Crippen LogP contribution is 2.22. The lowest BCUT2D eigenvalue weighted by molar-refractivity contribution is -0.301. The fourth-order valence-corrected chi connectivity index (χ4v) is 2.91. The van der Waals surface area contributed by atoms with E-state index in [0.29, 0.717) is 12.2 Å². The number of thioether (sulfide) groups is 1. The van der Waals surface area contributed by atoms with Crippen LogP contribution in [0, 0.1) is 5.92 Å². The number of carbonyl (C=O) groups is 1. The molecule has 0 aliphatic carbocycles. The monoisotopic (exact) mass is 337 g/mol. The molecule has 0 radical (unpaired) electrons. The molecule has 8 nitrogen and oxygen atoms in total. The quantitative estimate of drug-likeness (QED) is 0.512. The van der Waals surface area contributed by atoms with Gasteiger partial charge in [-0.25, -0.2) is 14.8 Å². The first kappa shape index (κ1) is 17.2. The van der Waals surface area contributed by atoms with Crippen molar-refractivity contribution in [3.8, 4) is 0 Å². The Morgan fingerprint density at radius 1 is 1.22 bits per heavy atom. The van der Waals surface area contributed by atoms with Gasteiger partial charge in [0, 0.05) is 26.3 Å². The van der Waals surface area contributed by atoms with E-state index in [9.17, 15) is 19.5 Å². The summed E-state index contributed by atoms with van der Waals surface area (Å²) in [4.78, 5) is 43.8. The average Bonchev–Trinajstić information content (AvgIpc) is 2.47. The highest BCUT2D eigenvalue weighted by Gasteiger charge is 2.17. The van der Waals surface area contributed by atoms with Crippen molar-refractivity contribution in [3.63, 3.8) is 0 Å². The SMILES string of the molecule is CC(C)Cc1nc(SCC(=O)[O-])c2c(=O)n(C)c(=O)n(C)c2n1. The molecule has 2 heterocycles. The third-order valence-corrected chi connectivity index (χ3v) is 4.18. The van der Waals surface area contributed by atoms with Crippen molar-refractivity contribution in [2.24, 2.45) is 20.0 Å². The number of hydrogen-bond donors (Lipinski definition) is 0. The van der Waals surface area contributed by atoms with Crippen molar-refractivity contribution in [2.45, 2.75) is 25.3 Å². The molecule has 9 heteroatoms. The third-order valence-electron chi connectivity index (χ3n) is 3.23. The highest BCUT2D eigenvalue weighted by atomic mass is 32.2. The molecule has 0 aliphatic heterocycles. The van der Waals surface area contributed by atoms with E-state index in [1.807, 2.05) is 13.8 Å². The lowest BCUT2D eigenvalue weighted by Crippen LogP contribution is -2.38. The molecule has 0 aromatic carbocycles. The van der Waals surface area contributed by atoms with Crippen molar-refractivity contribution in [3.05, 3.63) is 26.7 Å². The van der Waals surface area contributed by atoms with Gasteiger partial charge in [0.15, 0.2) is 5.65 Å². The zero-order chi connectivity index (χ0) is 17.3. The number of hydrogen-bond acceptors (Lipinski definition) is 7. The van der Waals surface area contributed by atoms with Crippen LogP contribution in [0.1, 0.15) is 19.7 Å². The first-order valence-electron chi connectivity index (χ1n) is 7.01. The van der Waals surface area contributed by atoms with E-state index in [1.165, 1.54) is 18.7 Å². The number of aromatic nitrogens is 4. The van der Waals surface area contributed by atoms with Gasteiger partial charge in [-0.2, -0.15) is 0 Å². The van der Waals surface area contributed by atoms with Crippen LogP contribution in [-0.2, 0) is 25.3 Å². The summed E-state index contributed by atoms with van der Waals surface area (Å²) in [6.45, 7) is 3.98. The van der Waals surface area contributed by atoms with E-state index in [1.54, 1.807) is 0 Å². The van der Waals surface area contributed by atoms with Crippen molar-refractivity contribution in [2.75, 3.05) is 5.75 Å². The summed E-state index contributed by atoms with van der Waals surface area (Å²) in [5.74, 6) is -0.848. The summed E-state index contributed by atoms with van der Waals surface area (Å²) in [5.41, 5.74) is -0.822. The van der Waals surface area contributed by atoms with E-state index < -0.39 is 17.2 Å². The fourth-order valence-electron chi connectivity index (χ4n) is 2.16. The Morgan fingerprint density at radius 3 is 2.43 bits per heavy atom. The van der Waals surface area contributed by atoms with Crippen molar-refractivity contribution in [1.29, 1.82) is 0 Å². The molecule has 0 aliphatic rings. The predicted molar refractivity (Wildman–Crippen MR) is 84.3 cm³/mol. The molecule has 0 bridgehead atoms. The number of aliphatic carboxylic acids is 1. The molecule has 0 saturated carbocycles. The maximum absolute atomic E-state index is 12.4. The van der Waals surface area contributed by atoms with Gasteiger partial charge in [0.1, 0.15) is 16.2 Å². The largest absolute Gasteiger partial charge is 0.549 e. The van der Waals surface area contributed by atoms with E-state index in [2.05, 4.69) is 9.97 Å². The normalized spacial score (nSPS) is 11.3. The predicted octanol–water partition coefficient (Wildman–Crippen LogP) is -0.932. The smallest absolute Gasteiger partial charge is 0.332 e. The van der Waals surface area contributed by atoms with Crippen LogP contribution >= 0.6 is 11.8 Å². The fraction of sp³-hybridized carbons (Fsp3) is 0.500. The van der Waals surface area contributed by atoms with Crippen molar-refractivity contribution >= 4 is 28.8 Å². The Kier molecular flexibility index (Phi) is 4.88. The van der Waals surface area contributed by atoms with Gasteiger partial charge in [-0.3, -0.25) is 13.9 Å². The molecule has 0 N–H and O–H groups in total. The minimum atomic E-state index is -1.26. The van der Waals surface area contributed by atoms with Gasteiger partial charge in [-0.1, -0.05) is 25.6 Å². The molecule has 0 unspecified atom stereocenters. The van der Waals surface area contributed by atoms with Crippen LogP contribution in [0.5, 0.6) is 0 Å². The van der Waals surface area contributed by atoms with Crippen LogP contribution in [0.3, 0.4) is 0 Å². The van der Waals surface area contributed by atoms with E-state index in [0.717, 1.165) is 16.3 Å². The average molecular weight is 337 g/mol. The second kappa shape index (κ2) is 6.53. The minimum absolute atomic E-state index is 0.147. The summed E-state index contributed by atoms with van der Waals surface area (Å²) in [6, 6.07) is 0. The van der Waals surface area contributed by atoms with Crippen LogP contribution in [0.25, 0.3) is 11.0 Å². The van der Waals surface area contributed by atoms with Gasteiger partial charge in [-0.05, 0) is 5.92 Å². The van der Waals surface area contributed by atoms with Crippen LogP contribution in [0.4, 0.5) is 0 Å². The lowest BCUT2D eigenvalue weighted by atomic mass is 10.1. The molecular formula is C14H17N4O4S-. The number of carboxylic acid groups (broad SMARTS) is 1. The maximum atomic E-state index is 12.4. The summed E-state index contributed by atoms with van der Waals surface area (Å²) in [5, 5.41) is 11.1. The second-order valence-corrected chi connectivity index (χ2v) is 6.57. The summed E-state index contributed by atoms with van der Waals surface area (Å²) in [6.07, 6.45) is 0.554. The summed E-state index contributed by atoms with van der Waals surface area (Å²) < 4.78 is 2.22. The molecule has 2 aromatic rings. The Balaban J connectivity index is 2.80. The second-order valence-electron chi connectivity index (χ2n) is 5.61. The molecule has 0 amide bonds. The van der Waals surface area contributed by atoms with Crippen LogP contribution in [0.2, 0.25) is 0 Å². The number of carbonyl (C=O) groups excluding carboxylic acids is 1. The van der Waals surface area contributed by atoms with E-state index in [4.69, 9.17) is 0 Å². The first-order valence-corrected chi connectivity index (χ1v) is 8.00. The maximum Gasteiger partial charge on any atom is 0.332 e. The molecule has 0 saturated heterocycles. The van der Waals surface area contributed by atoms with Crippen molar-refractivity contribution in [1.82, 2.24) is 19.1 Å². The number of fused-ring (bicyclic) bond motifs is 1. The topological polar surface area (TPSA) is 110 Å². The minimum Gasteiger partial charge on any atom is -0.549 e. The number of rotatable bonds is 5. The summed E-state index contributed by atoms with van der Waals surface area (Å²) >= 11 is 0.895. The lowest BCUT2D eigenvalue weighted by Gasteiger charge is -2.12. The number of carboxylic acids is 1. The molecule has 0 spiro atoms. The van der Waals surface area contributed by atoms with Crippen LogP contribution in [-0.4, -0.2) is 30.8 Å². The number of aryl methyl sites for hydroxylation is 1. The van der Waals surface area contributed by atoms with Gasteiger partial charge in [0.05, 0.1) is 5.97 Å². The van der Waals surface area contributed by atoms with Gasteiger partial charge >= 0.3 is 5.69 Å². The Bertz CT molecular complexity index is 885. The zero-order valence-corrected chi connectivity index (χ0v) is 14.1. The molecule has 0 fully saturated rings. The van der Waals surface area contributed by atoms with Crippen molar-refractivity contribution < 1.29 is 9.90 Å². The third kappa shape index (κ3) is 3.44. The zero-order valence-electron chi connectivity index (χ0n) is 13.3. The molecule has 2 aromatic heterocycles. The molecule has 124 valence electrons.